The van der Waals surface area contributed by atoms with Crippen molar-refractivity contribution in [3.05, 3.63) is 11.9 Å². The molecule has 0 spiro atoms. The van der Waals surface area contributed by atoms with Crippen LogP contribution in [-0.2, 0) is 0 Å². The fourth-order valence-corrected chi connectivity index (χ4v) is 2.92. The summed E-state index contributed by atoms with van der Waals surface area (Å²) in [5.74, 6) is 3.54. The molecule has 0 unspecified atom stereocenters. The topological polar surface area (TPSA) is 49.8 Å². The molecule has 1 aromatic rings. The molecule has 2 saturated carbocycles. The third kappa shape index (κ3) is 3.14. The second-order valence-electron chi connectivity index (χ2n) is 5.54. The first kappa shape index (κ1) is 13.0. The highest BCUT2D eigenvalue weighted by Gasteiger charge is 2.41. The fourth-order valence-electron chi connectivity index (χ4n) is 2.20. The molecule has 0 aliphatic heterocycles. The monoisotopic (exact) mass is 278 g/mol. The van der Waals surface area contributed by atoms with Gasteiger partial charge in [-0.15, -0.1) is 0 Å². The third-order valence-electron chi connectivity index (χ3n) is 3.88. The minimum atomic E-state index is 0.461. The summed E-state index contributed by atoms with van der Waals surface area (Å²) in [5.41, 5.74) is 0. The van der Waals surface area contributed by atoms with E-state index in [1.807, 2.05) is 17.8 Å². The van der Waals surface area contributed by atoms with Gasteiger partial charge in [0.25, 0.3) is 0 Å². The van der Waals surface area contributed by atoms with Crippen LogP contribution in [0.25, 0.3) is 0 Å². The normalized spacial score (nSPS) is 20.1. The number of hydrogen-bond donors (Lipinski definition) is 2. The SMILES string of the molecule is CCNc1cc(NCC2(SC)CC2)nc(C2CC2)n1. The molecule has 0 aromatic carbocycles. The van der Waals surface area contributed by atoms with Crippen LogP contribution in [0.2, 0.25) is 0 Å². The first-order valence-corrected chi connectivity index (χ1v) is 8.39. The van der Waals surface area contributed by atoms with Gasteiger partial charge < -0.3 is 10.6 Å². The largest absolute Gasteiger partial charge is 0.370 e. The summed E-state index contributed by atoms with van der Waals surface area (Å²) in [5, 5.41) is 6.81. The number of rotatable bonds is 7. The first-order chi connectivity index (χ1) is 9.24. The maximum Gasteiger partial charge on any atom is 0.136 e. The number of anilines is 2. The average molecular weight is 278 g/mol. The molecule has 0 bridgehead atoms. The lowest BCUT2D eigenvalue weighted by molar-refractivity contribution is 0.898. The number of hydrogen-bond acceptors (Lipinski definition) is 5. The van der Waals surface area contributed by atoms with Crippen molar-refractivity contribution >= 4 is 23.4 Å². The Balaban J connectivity index is 1.71. The van der Waals surface area contributed by atoms with Gasteiger partial charge in [-0.25, -0.2) is 9.97 Å². The van der Waals surface area contributed by atoms with Crippen LogP contribution in [0.1, 0.15) is 44.3 Å². The van der Waals surface area contributed by atoms with Crippen LogP contribution in [0, 0.1) is 0 Å². The fraction of sp³-hybridized carbons (Fsp3) is 0.714. The number of nitrogens with zero attached hydrogens (tertiary/aromatic N) is 2. The molecule has 0 atom stereocenters. The van der Waals surface area contributed by atoms with Gasteiger partial charge in [-0.3, -0.25) is 0 Å². The highest BCUT2D eigenvalue weighted by molar-refractivity contribution is 8.00. The summed E-state index contributed by atoms with van der Waals surface area (Å²) < 4.78 is 0.461. The molecule has 5 heteroatoms. The zero-order valence-corrected chi connectivity index (χ0v) is 12.5. The maximum absolute atomic E-state index is 4.67. The van der Waals surface area contributed by atoms with E-state index in [1.165, 1.54) is 25.7 Å². The summed E-state index contributed by atoms with van der Waals surface area (Å²) in [6.07, 6.45) is 7.32. The zero-order chi connectivity index (χ0) is 13.3. The molecule has 3 rings (SSSR count). The Kier molecular flexibility index (Phi) is 3.56. The lowest BCUT2D eigenvalue weighted by Gasteiger charge is -2.15. The molecule has 0 amide bonds. The quantitative estimate of drug-likeness (QED) is 0.802. The molecule has 19 heavy (non-hydrogen) atoms. The van der Waals surface area contributed by atoms with Gasteiger partial charge in [-0.05, 0) is 38.9 Å². The van der Waals surface area contributed by atoms with E-state index in [1.54, 1.807) is 0 Å². The summed E-state index contributed by atoms with van der Waals surface area (Å²) in [6, 6.07) is 2.03. The van der Waals surface area contributed by atoms with Gasteiger partial charge in [-0.1, -0.05) is 0 Å². The molecule has 2 fully saturated rings. The molecular weight excluding hydrogens is 256 g/mol. The average Bonchev–Trinajstić information content (AvgIpc) is 3.29. The maximum atomic E-state index is 4.67. The van der Waals surface area contributed by atoms with E-state index in [0.29, 0.717) is 10.7 Å². The molecule has 104 valence electrons. The van der Waals surface area contributed by atoms with Gasteiger partial charge in [0.1, 0.15) is 17.5 Å². The van der Waals surface area contributed by atoms with Crippen LogP contribution in [0.4, 0.5) is 11.6 Å². The van der Waals surface area contributed by atoms with Gasteiger partial charge in [0.05, 0.1) is 0 Å². The van der Waals surface area contributed by atoms with Crippen LogP contribution >= 0.6 is 11.8 Å². The summed E-state index contributed by atoms with van der Waals surface area (Å²) >= 11 is 1.97. The minimum Gasteiger partial charge on any atom is -0.370 e. The van der Waals surface area contributed by atoms with Crippen molar-refractivity contribution in [3.63, 3.8) is 0 Å². The van der Waals surface area contributed by atoms with E-state index in [9.17, 15) is 0 Å². The summed E-state index contributed by atoms with van der Waals surface area (Å²) in [7, 11) is 0. The van der Waals surface area contributed by atoms with Gasteiger partial charge in [0.2, 0.25) is 0 Å². The Bertz CT molecular complexity index is 455. The molecule has 2 aliphatic carbocycles. The summed E-state index contributed by atoms with van der Waals surface area (Å²) in [6.45, 7) is 4.01. The number of nitrogens with one attached hydrogen (secondary N) is 2. The Morgan fingerprint density at radius 3 is 2.47 bits per heavy atom. The van der Waals surface area contributed by atoms with E-state index in [2.05, 4.69) is 33.8 Å². The molecule has 1 heterocycles. The molecule has 4 nitrogen and oxygen atoms in total. The van der Waals surface area contributed by atoms with Crippen LogP contribution in [0.15, 0.2) is 6.07 Å². The minimum absolute atomic E-state index is 0.461. The molecule has 0 radical (unpaired) electrons. The second kappa shape index (κ2) is 5.19. The van der Waals surface area contributed by atoms with Crippen molar-refractivity contribution in [3.8, 4) is 0 Å². The van der Waals surface area contributed by atoms with E-state index in [-0.39, 0.29) is 0 Å². The molecule has 0 saturated heterocycles. The number of thioether (sulfide) groups is 1. The molecular formula is C14H22N4S. The highest BCUT2D eigenvalue weighted by Crippen LogP contribution is 2.47. The lowest BCUT2D eigenvalue weighted by Crippen LogP contribution is -2.18. The Morgan fingerprint density at radius 2 is 1.95 bits per heavy atom. The van der Waals surface area contributed by atoms with Crippen LogP contribution in [0.3, 0.4) is 0 Å². The smallest absolute Gasteiger partial charge is 0.136 e. The van der Waals surface area contributed by atoms with Crippen molar-refractivity contribution in [1.82, 2.24) is 9.97 Å². The molecule has 1 aromatic heterocycles. The van der Waals surface area contributed by atoms with Gasteiger partial charge in [0.15, 0.2) is 0 Å². The Labute approximate surface area is 119 Å². The van der Waals surface area contributed by atoms with Crippen molar-refractivity contribution < 1.29 is 0 Å². The van der Waals surface area contributed by atoms with Gasteiger partial charge in [-0.2, -0.15) is 11.8 Å². The highest BCUT2D eigenvalue weighted by atomic mass is 32.2. The van der Waals surface area contributed by atoms with E-state index in [0.717, 1.165) is 30.5 Å². The van der Waals surface area contributed by atoms with Crippen molar-refractivity contribution in [2.24, 2.45) is 0 Å². The van der Waals surface area contributed by atoms with E-state index in [4.69, 9.17) is 0 Å². The van der Waals surface area contributed by atoms with E-state index < -0.39 is 0 Å². The second-order valence-corrected chi connectivity index (χ2v) is 6.82. The van der Waals surface area contributed by atoms with Crippen LogP contribution < -0.4 is 10.6 Å². The first-order valence-electron chi connectivity index (χ1n) is 7.16. The molecule has 2 N–H and O–H groups in total. The van der Waals surface area contributed by atoms with Crippen LogP contribution in [-0.4, -0.2) is 34.1 Å². The van der Waals surface area contributed by atoms with E-state index >= 15 is 0 Å². The molecule has 2 aliphatic rings. The summed E-state index contributed by atoms with van der Waals surface area (Å²) in [4.78, 5) is 9.27. The van der Waals surface area contributed by atoms with Crippen molar-refractivity contribution in [1.29, 1.82) is 0 Å². The van der Waals surface area contributed by atoms with Gasteiger partial charge in [0, 0.05) is 29.8 Å². The third-order valence-corrected chi connectivity index (χ3v) is 5.29. The predicted molar refractivity (Wildman–Crippen MR) is 82.1 cm³/mol. The Hall–Kier alpha value is -0.970. The van der Waals surface area contributed by atoms with Gasteiger partial charge >= 0.3 is 0 Å². The van der Waals surface area contributed by atoms with Crippen molar-refractivity contribution in [2.75, 3.05) is 30.0 Å². The van der Waals surface area contributed by atoms with Crippen LogP contribution in [0.5, 0.6) is 0 Å². The zero-order valence-electron chi connectivity index (χ0n) is 11.7. The number of aromatic nitrogens is 2. The predicted octanol–water partition coefficient (Wildman–Crippen LogP) is 3.09. The van der Waals surface area contributed by atoms with Crippen molar-refractivity contribution in [2.45, 2.75) is 43.3 Å². The lowest BCUT2D eigenvalue weighted by atomic mass is 10.3. The Morgan fingerprint density at radius 1 is 1.26 bits per heavy atom. The standard InChI is InChI=1S/C14H22N4S/c1-3-15-11-8-12(16-9-14(19-2)6-7-14)18-13(17-11)10-4-5-10/h8,10H,3-7,9H2,1-2H3,(H2,15,16,17,18).